The largest absolute Gasteiger partial charge is 0.325 e. The number of aromatic nitrogens is 2. The van der Waals surface area contributed by atoms with Crippen molar-refractivity contribution in [3.05, 3.63) is 72.1 Å². The predicted molar refractivity (Wildman–Crippen MR) is 77.9 cm³/mol. The van der Waals surface area contributed by atoms with Gasteiger partial charge in [-0.2, -0.15) is 0 Å². The van der Waals surface area contributed by atoms with Gasteiger partial charge in [0.2, 0.25) is 5.95 Å². The molecule has 0 radical (unpaired) electrons. The Morgan fingerprint density at radius 2 is 1.76 bits per heavy atom. The van der Waals surface area contributed by atoms with Crippen molar-refractivity contribution in [2.75, 3.05) is 5.32 Å². The van der Waals surface area contributed by atoms with Crippen LogP contribution in [0.3, 0.4) is 0 Å². The first kappa shape index (κ1) is 13.3. The van der Waals surface area contributed by atoms with Crippen LogP contribution in [0.5, 0.6) is 0 Å². The molecule has 0 atom stereocenters. The fourth-order valence-electron chi connectivity index (χ4n) is 2.07. The minimum absolute atomic E-state index is 0.441. The second-order valence-corrected chi connectivity index (χ2v) is 4.67. The third-order valence-electron chi connectivity index (χ3n) is 3.04. The fraction of sp³-hybridized carbons (Fsp3) is 0.0625. The molecule has 0 amide bonds. The molecule has 0 aliphatic heterocycles. The first-order valence-electron chi connectivity index (χ1n) is 6.47. The number of imidazole rings is 1. The summed E-state index contributed by atoms with van der Waals surface area (Å²) in [6.07, 6.45) is 1.87. The molecule has 0 aliphatic rings. The quantitative estimate of drug-likeness (QED) is 0.781. The van der Waals surface area contributed by atoms with Gasteiger partial charge in [-0.25, -0.2) is 13.8 Å². The molecule has 3 aromatic rings. The second kappa shape index (κ2) is 5.36. The molecule has 0 aliphatic carbocycles. The lowest BCUT2D eigenvalue weighted by molar-refractivity contribution is 0.509. The SMILES string of the molecule is Cc1cn(-c2ccccc2)c(Nc2ccc(F)c(F)c2)n1. The van der Waals surface area contributed by atoms with Crippen molar-refractivity contribution in [2.24, 2.45) is 0 Å². The van der Waals surface area contributed by atoms with Crippen LogP contribution in [0.4, 0.5) is 20.4 Å². The molecule has 2 aromatic carbocycles. The minimum Gasteiger partial charge on any atom is -0.325 e. The Bertz CT molecular complexity index is 766. The van der Waals surface area contributed by atoms with Gasteiger partial charge in [0.05, 0.1) is 5.69 Å². The lowest BCUT2D eigenvalue weighted by Gasteiger charge is -2.10. The molecule has 0 saturated heterocycles. The second-order valence-electron chi connectivity index (χ2n) is 4.67. The van der Waals surface area contributed by atoms with Crippen LogP contribution in [0.15, 0.2) is 54.7 Å². The summed E-state index contributed by atoms with van der Waals surface area (Å²) in [5.41, 5.74) is 2.20. The maximum atomic E-state index is 13.3. The molecule has 1 N–H and O–H groups in total. The van der Waals surface area contributed by atoms with Crippen molar-refractivity contribution in [3.63, 3.8) is 0 Å². The highest BCUT2D eigenvalue weighted by Crippen LogP contribution is 2.21. The molecule has 106 valence electrons. The third kappa shape index (κ3) is 2.76. The van der Waals surface area contributed by atoms with Crippen molar-refractivity contribution in [3.8, 4) is 5.69 Å². The van der Waals surface area contributed by atoms with Gasteiger partial charge in [-0.3, -0.25) is 4.57 Å². The highest BCUT2D eigenvalue weighted by molar-refractivity contribution is 5.56. The van der Waals surface area contributed by atoms with Gasteiger partial charge in [0.15, 0.2) is 11.6 Å². The van der Waals surface area contributed by atoms with E-state index in [0.29, 0.717) is 11.6 Å². The minimum atomic E-state index is -0.894. The number of para-hydroxylation sites is 1. The van der Waals surface area contributed by atoms with E-state index < -0.39 is 11.6 Å². The van der Waals surface area contributed by atoms with Gasteiger partial charge in [0.1, 0.15) is 0 Å². The Hall–Kier alpha value is -2.69. The van der Waals surface area contributed by atoms with Crippen molar-refractivity contribution in [2.45, 2.75) is 6.92 Å². The molecule has 1 aromatic heterocycles. The van der Waals surface area contributed by atoms with Crippen LogP contribution in [0, 0.1) is 18.6 Å². The van der Waals surface area contributed by atoms with Crippen LogP contribution in [0.2, 0.25) is 0 Å². The van der Waals surface area contributed by atoms with E-state index in [9.17, 15) is 8.78 Å². The summed E-state index contributed by atoms with van der Waals surface area (Å²) in [7, 11) is 0. The van der Waals surface area contributed by atoms with Crippen LogP contribution in [0.1, 0.15) is 5.69 Å². The highest BCUT2D eigenvalue weighted by Gasteiger charge is 2.09. The van der Waals surface area contributed by atoms with Crippen molar-refractivity contribution >= 4 is 11.6 Å². The molecule has 0 saturated carbocycles. The van der Waals surface area contributed by atoms with Gasteiger partial charge in [-0.1, -0.05) is 18.2 Å². The van der Waals surface area contributed by atoms with Gasteiger partial charge in [0, 0.05) is 23.6 Å². The van der Waals surface area contributed by atoms with Crippen LogP contribution >= 0.6 is 0 Å². The lowest BCUT2D eigenvalue weighted by atomic mass is 10.3. The Morgan fingerprint density at radius 1 is 1.00 bits per heavy atom. The number of nitrogens with zero attached hydrogens (tertiary/aromatic N) is 2. The number of hydrogen-bond donors (Lipinski definition) is 1. The van der Waals surface area contributed by atoms with E-state index in [4.69, 9.17) is 0 Å². The number of rotatable bonds is 3. The molecule has 1 heterocycles. The van der Waals surface area contributed by atoms with Crippen molar-refractivity contribution in [1.29, 1.82) is 0 Å². The molecule has 0 unspecified atom stereocenters. The predicted octanol–water partition coefficient (Wildman–Crippen LogP) is 4.20. The number of aryl methyl sites for hydroxylation is 1. The van der Waals surface area contributed by atoms with E-state index in [2.05, 4.69) is 10.3 Å². The smallest absolute Gasteiger partial charge is 0.212 e. The summed E-state index contributed by atoms with van der Waals surface area (Å²) in [4.78, 5) is 4.37. The average molecular weight is 285 g/mol. The van der Waals surface area contributed by atoms with Crippen molar-refractivity contribution < 1.29 is 8.78 Å². The van der Waals surface area contributed by atoms with E-state index >= 15 is 0 Å². The maximum Gasteiger partial charge on any atom is 0.212 e. The number of hydrogen-bond acceptors (Lipinski definition) is 2. The normalized spacial score (nSPS) is 10.6. The average Bonchev–Trinajstić information content (AvgIpc) is 2.85. The number of halogens is 2. The maximum absolute atomic E-state index is 13.3. The topological polar surface area (TPSA) is 29.9 Å². The van der Waals surface area contributed by atoms with E-state index in [1.54, 1.807) is 0 Å². The number of anilines is 2. The summed E-state index contributed by atoms with van der Waals surface area (Å²) in [5, 5.41) is 3.01. The summed E-state index contributed by atoms with van der Waals surface area (Å²) in [5.74, 6) is -1.22. The van der Waals surface area contributed by atoms with Crippen LogP contribution in [-0.2, 0) is 0 Å². The Morgan fingerprint density at radius 3 is 2.48 bits per heavy atom. The third-order valence-corrected chi connectivity index (χ3v) is 3.04. The lowest BCUT2D eigenvalue weighted by Crippen LogP contribution is -2.01. The molecule has 3 nitrogen and oxygen atoms in total. The first-order valence-corrected chi connectivity index (χ1v) is 6.47. The van der Waals surface area contributed by atoms with Crippen LogP contribution in [-0.4, -0.2) is 9.55 Å². The molecule has 0 spiro atoms. The zero-order valence-corrected chi connectivity index (χ0v) is 11.3. The fourth-order valence-corrected chi connectivity index (χ4v) is 2.07. The van der Waals surface area contributed by atoms with E-state index in [0.717, 1.165) is 23.5 Å². The number of nitrogens with one attached hydrogen (secondary N) is 1. The molecule has 21 heavy (non-hydrogen) atoms. The standard InChI is InChI=1S/C16H13F2N3/c1-11-10-21(13-5-3-2-4-6-13)16(19-11)20-12-7-8-14(17)15(18)9-12/h2-10H,1H3,(H,19,20). The summed E-state index contributed by atoms with van der Waals surface area (Å²) >= 11 is 0. The van der Waals surface area contributed by atoms with Gasteiger partial charge in [-0.05, 0) is 31.2 Å². The molecular weight excluding hydrogens is 272 g/mol. The van der Waals surface area contributed by atoms with Gasteiger partial charge >= 0.3 is 0 Å². The summed E-state index contributed by atoms with van der Waals surface area (Å²) in [6.45, 7) is 1.87. The first-order chi connectivity index (χ1) is 10.1. The van der Waals surface area contributed by atoms with E-state index in [-0.39, 0.29) is 0 Å². The number of benzene rings is 2. The van der Waals surface area contributed by atoms with Crippen LogP contribution in [0.25, 0.3) is 5.69 Å². The Labute approximate surface area is 120 Å². The van der Waals surface area contributed by atoms with Crippen molar-refractivity contribution in [1.82, 2.24) is 9.55 Å². The molecule has 3 rings (SSSR count). The zero-order chi connectivity index (χ0) is 14.8. The van der Waals surface area contributed by atoms with Gasteiger partial charge in [0.25, 0.3) is 0 Å². The molecule has 5 heteroatoms. The molecular formula is C16H13F2N3. The highest BCUT2D eigenvalue weighted by atomic mass is 19.2. The Balaban J connectivity index is 1.97. The van der Waals surface area contributed by atoms with Crippen LogP contribution < -0.4 is 5.32 Å². The van der Waals surface area contributed by atoms with Gasteiger partial charge < -0.3 is 5.32 Å². The summed E-state index contributed by atoms with van der Waals surface area (Å²) in [6, 6.07) is 13.3. The Kier molecular flexibility index (Phi) is 3.39. The van der Waals surface area contributed by atoms with E-state index in [1.807, 2.05) is 48.0 Å². The van der Waals surface area contributed by atoms with Gasteiger partial charge in [-0.15, -0.1) is 0 Å². The summed E-state index contributed by atoms with van der Waals surface area (Å²) < 4.78 is 28.1. The molecule has 0 bridgehead atoms. The monoisotopic (exact) mass is 285 g/mol. The zero-order valence-electron chi connectivity index (χ0n) is 11.3. The van der Waals surface area contributed by atoms with E-state index in [1.165, 1.54) is 6.07 Å². The molecule has 0 fully saturated rings.